The summed E-state index contributed by atoms with van der Waals surface area (Å²) in [6, 6.07) is 9.50. The minimum absolute atomic E-state index is 0.00662. The molecule has 1 aromatic carbocycles. The topological polar surface area (TPSA) is 206 Å². The van der Waals surface area contributed by atoms with Crippen molar-refractivity contribution in [1.82, 2.24) is 9.80 Å². The summed E-state index contributed by atoms with van der Waals surface area (Å²) < 4.78 is 49.6. The van der Waals surface area contributed by atoms with E-state index >= 15 is 0 Å². The van der Waals surface area contributed by atoms with Crippen LogP contribution in [0.5, 0.6) is 0 Å². The van der Waals surface area contributed by atoms with Crippen molar-refractivity contribution in [2.45, 2.75) is 199 Å². The highest BCUT2D eigenvalue weighted by atomic mass is 16.7. The second-order valence-electron chi connectivity index (χ2n) is 19.6. The van der Waals surface area contributed by atoms with Crippen molar-refractivity contribution in [3.05, 3.63) is 35.9 Å². The third-order valence-corrected chi connectivity index (χ3v) is 13.9. The molecule has 0 amide bonds. The number of β-amino-alcohol motifs (C(OH)–C–C–N with tert-alkyl or cyclic N) is 1. The van der Waals surface area contributed by atoms with Gasteiger partial charge in [-0.05, 0) is 97.8 Å². The number of aryl methyl sites for hydroxylation is 1. The van der Waals surface area contributed by atoms with Crippen LogP contribution in [0.1, 0.15) is 119 Å². The van der Waals surface area contributed by atoms with E-state index in [1.165, 1.54) is 19.6 Å². The number of ether oxygens (including phenoxy) is 8. The van der Waals surface area contributed by atoms with Gasteiger partial charge in [0.1, 0.15) is 30.7 Å². The highest BCUT2D eigenvalue weighted by molar-refractivity contribution is 5.73. The van der Waals surface area contributed by atoms with Gasteiger partial charge >= 0.3 is 23.9 Å². The molecule has 0 aromatic heterocycles. The molecule has 68 heavy (non-hydrogen) atoms. The lowest BCUT2D eigenvalue weighted by Gasteiger charge is -2.53. The van der Waals surface area contributed by atoms with Crippen LogP contribution in [0.2, 0.25) is 0 Å². The molecule has 3 heterocycles. The molecule has 0 radical (unpaired) electrons. The van der Waals surface area contributed by atoms with E-state index in [0.717, 1.165) is 25.5 Å². The predicted molar refractivity (Wildman–Crippen MR) is 251 cm³/mol. The van der Waals surface area contributed by atoms with Crippen molar-refractivity contribution < 1.29 is 72.1 Å². The Morgan fingerprint density at radius 1 is 0.956 bits per heavy atom. The van der Waals surface area contributed by atoms with Gasteiger partial charge < -0.3 is 62.7 Å². The molecule has 2 N–H and O–H groups in total. The van der Waals surface area contributed by atoms with Gasteiger partial charge in [-0.3, -0.25) is 19.2 Å². The number of unbranched alkanes of at least 4 members (excludes halogenated alkanes) is 1. The second-order valence-corrected chi connectivity index (χ2v) is 19.6. The fourth-order valence-corrected chi connectivity index (χ4v) is 10.4. The summed E-state index contributed by atoms with van der Waals surface area (Å²) >= 11 is 0. The first kappa shape index (κ1) is 57.0. The summed E-state index contributed by atoms with van der Waals surface area (Å²) in [5.41, 5.74) is -0.0639. The van der Waals surface area contributed by atoms with E-state index in [9.17, 15) is 34.2 Å². The number of benzene rings is 1. The number of aliphatic hydroxyl groups is 2. The SMILES string of the molecule is CCC(=O)O[C@@H]1CC(=O)O[C@H](C)CCN(CCCCc2ccccc2)C[C@H](O)[C@H](C)C[C@H](CC=O)[C@H]([C@@H]2O[C@H](C)[C@@H](O[C@@H]3C[C@@](C)(OC(C)=O)[C@@H](OC(=O)CC)[C@H](C)O3)[C@H](N(C)C)[C@H]2O)[C@@H]1OC. The van der Waals surface area contributed by atoms with Crippen LogP contribution in [0, 0.1) is 17.8 Å². The van der Waals surface area contributed by atoms with Gasteiger partial charge in [-0.1, -0.05) is 51.1 Å². The summed E-state index contributed by atoms with van der Waals surface area (Å²) in [6.45, 7) is 15.1. The number of aliphatic hydroxyl groups excluding tert-OH is 2. The van der Waals surface area contributed by atoms with E-state index in [4.69, 9.17) is 37.9 Å². The summed E-state index contributed by atoms with van der Waals surface area (Å²) in [6.07, 6.45) is -6.31. The Hall–Kier alpha value is -3.55. The lowest BCUT2D eigenvalue weighted by molar-refractivity contribution is -0.319. The Balaban J connectivity index is 1.72. The molecule has 17 nitrogen and oxygen atoms in total. The number of methoxy groups -OCH3 is 1. The molecule has 16 atom stereocenters. The third-order valence-electron chi connectivity index (χ3n) is 13.9. The Morgan fingerprint density at radius 3 is 2.25 bits per heavy atom. The zero-order valence-corrected chi connectivity index (χ0v) is 42.4. The van der Waals surface area contributed by atoms with Gasteiger partial charge in [-0.15, -0.1) is 0 Å². The van der Waals surface area contributed by atoms with Crippen LogP contribution in [-0.2, 0) is 68.3 Å². The highest BCUT2D eigenvalue weighted by Gasteiger charge is 2.56. The smallest absolute Gasteiger partial charge is 0.309 e. The Bertz CT molecular complexity index is 1740. The lowest BCUT2D eigenvalue weighted by Crippen LogP contribution is -2.67. The minimum atomic E-state index is -1.34. The molecule has 17 heteroatoms. The van der Waals surface area contributed by atoms with E-state index < -0.39 is 115 Å². The van der Waals surface area contributed by atoms with Gasteiger partial charge in [0.05, 0.1) is 43.0 Å². The van der Waals surface area contributed by atoms with Gasteiger partial charge in [0.2, 0.25) is 0 Å². The summed E-state index contributed by atoms with van der Waals surface area (Å²) in [5, 5.41) is 24.7. The molecule has 0 saturated carbocycles. The van der Waals surface area contributed by atoms with Crippen LogP contribution in [-0.4, -0.2) is 170 Å². The van der Waals surface area contributed by atoms with E-state index in [1.807, 2.05) is 36.9 Å². The largest absolute Gasteiger partial charge is 0.463 e. The molecule has 0 unspecified atom stereocenters. The standard InChI is InChI=1S/C51H82N2O15/c1-12-40(57)65-39-28-42(59)62-32(4)22-25-53(24-18-17-21-36-19-15-14-16-20-36)30-38(56)31(3)27-37(23-26-54)44(48(39)61-11)49-46(60)45(52(9)10)47(33(5)64-49)67-43-29-51(8,68-35(7)55)50(34(6)63-43)66-41(58)13-2/h14-16,19-20,26,31-34,37-39,43-50,56,60H,12-13,17-18,21-25,27-30H2,1-11H3/t31-,32-,33-,34+,37+,38+,39-,43-,44+,45-,46-,47-,48-,49+,50+,51-/m1/s1. The number of carbonyl (C=O) groups is 5. The fraction of sp³-hybridized carbons (Fsp3) is 0.784. The maximum atomic E-state index is 13.9. The van der Waals surface area contributed by atoms with Crippen LogP contribution in [0.3, 0.4) is 0 Å². The predicted octanol–water partition coefficient (Wildman–Crippen LogP) is 4.82. The van der Waals surface area contributed by atoms with Crippen LogP contribution in [0.15, 0.2) is 30.3 Å². The van der Waals surface area contributed by atoms with E-state index in [2.05, 4.69) is 17.0 Å². The molecular formula is C51H82N2O15. The number of likely N-dealkylation sites (N-methyl/N-ethyl adjacent to an activating group) is 1. The average Bonchev–Trinajstić information content (AvgIpc) is 3.27. The van der Waals surface area contributed by atoms with Crippen molar-refractivity contribution in [3.8, 4) is 0 Å². The third kappa shape index (κ3) is 16.0. The fourth-order valence-electron chi connectivity index (χ4n) is 10.4. The Kier molecular flexibility index (Phi) is 22.8. The van der Waals surface area contributed by atoms with Gasteiger partial charge in [0.15, 0.2) is 18.0 Å². The summed E-state index contributed by atoms with van der Waals surface area (Å²) in [5.74, 6) is -4.13. The minimum Gasteiger partial charge on any atom is -0.463 e. The van der Waals surface area contributed by atoms with Crippen molar-refractivity contribution in [3.63, 3.8) is 0 Å². The maximum Gasteiger partial charge on any atom is 0.309 e. The van der Waals surface area contributed by atoms with E-state index in [-0.39, 0.29) is 38.0 Å². The first-order valence-electron chi connectivity index (χ1n) is 24.7. The molecule has 0 bridgehead atoms. The van der Waals surface area contributed by atoms with Crippen molar-refractivity contribution >= 4 is 30.2 Å². The Labute approximate surface area is 404 Å². The normalized spacial score (nSPS) is 35.9. The molecule has 3 aliphatic rings. The number of hydrogen-bond acceptors (Lipinski definition) is 17. The van der Waals surface area contributed by atoms with Gasteiger partial charge in [-0.25, -0.2) is 0 Å². The Morgan fingerprint density at radius 2 is 1.63 bits per heavy atom. The molecule has 0 aliphatic carbocycles. The quantitative estimate of drug-likeness (QED) is 0.0929. The number of aldehydes is 1. The summed E-state index contributed by atoms with van der Waals surface area (Å²) in [4.78, 5) is 68.7. The number of cyclic esters (lactones) is 1. The molecule has 386 valence electrons. The molecule has 3 saturated heterocycles. The number of esters is 4. The second kappa shape index (κ2) is 27.2. The van der Waals surface area contributed by atoms with Crippen molar-refractivity contribution in [2.75, 3.05) is 40.8 Å². The highest BCUT2D eigenvalue weighted by Crippen LogP contribution is 2.43. The van der Waals surface area contributed by atoms with Crippen LogP contribution in [0.4, 0.5) is 0 Å². The van der Waals surface area contributed by atoms with E-state index in [1.54, 1.807) is 48.7 Å². The number of nitrogens with zero attached hydrogens (tertiary/aromatic N) is 2. The lowest BCUT2D eigenvalue weighted by atomic mass is 9.71. The maximum absolute atomic E-state index is 13.9. The van der Waals surface area contributed by atoms with Gasteiger partial charge in [-0.2, -0.15) is 0 Å². The first-order chi connectivity index (χ1) is 32.2. The zero-order chi connectivity index (χ0) is 50.3. The van der Waals surface area contributed by atoms with Gasteiger partial charge in [0.25, 0.3) is 0 Å². The molecule has 3 aliphatic heterocycles. The van der Waals surface area contributed by atoms with E-state index in [0.29, 0.717) is 32.5 Å². The average molecular weight is 963 g/mol. The van der Waals surface area contributed by atoms with Crippen LogP contribution in [0.25, 0.3) is 0 Å². The number of hydrogen-bond donors (Lipinski definition) is 2. The summed E-state index contributed by atoms with van der Waals surface area (Å²) in [7, 11) is 5.00. The van der Waals surface area contributed by atoms with Crippen LogP contribution < -0.4 is 0 Å². The molecular weight excluding hydrogens is 881 g/mol. The van der Waals surface area contributed by atoms with Crippen molar-refractivity contribution in [1.29, 1.82) is 0 Å². The zero-order valence-electron chi connectivity index (χ0n) is 42.4. The molecule has 4 rings (SSSR count). The molecule has 3 fully saturated rings. The monoisotopic (exact) mass is 963 g/mol. The first-order valence-corrected chi connectivity index (χ1v) is 24.7. The molecule has 1 aromatic rings. The molecule has 0 spiro atoms. The van der Waals surface area contributed by atoms with Gasteiger partial charge in [0, 0.05) is 58.7 Å². The van der Waals surface area contributed by atoms with Crippen molar-refractivity contribution in [2.24, 2.45) is 17.8 Å². The number of carbonyl (C=O) groups excluding carboxylic acids is 5. The number of rotatable bonds is 17. The van der Waals surface area contributed by atoms with Crippen LogP contribution >= 0.6 is 0 Å².